The van der Waals surface area contributed by atoms with E-state index >= 15 is 0 Å². The van der Waals surface area contributed by atoms with Crippen LogP contribution in [-0.2, 0) is 9.53 Å². The Balaban J connectivity index is 2.67. The summed E-state index contributed by atoms with van der Waals surface area (Å²) >= 11 is 0. The summed E-state index contributed by atoms with van der Waals surface area (Å²) in [6.45, 7) is 5.99. The third kappa shape index (κ3) is 5.57. The van der Waals surface area contributed by atoms with Crippen LogP contribution in [0.25, 0.3) is 0 Å². The van der Waals surface area contributed by atoms with E-state index in [1.165, 1.54) is 6.20 Å². The maximum atomic E-state index is 11.4. The molecule has 0 heterocycles. The van der Waals surface area contributed by atoms with Crippen LogP contribution in [0.5, 0.6) is 5.75 Å². The quantitative estimate of drug-likeness (QED) is 0.474. The van der Waals surface area contributed by atoms with Crippen molar-refractivity contribution in [1.82, 2.24) is 0 Å². The van der Waals surface area contributed by atoms with Gasteiger partial charge in [-0.15, -0.1) is 0 Å². The fourth-order valence-corrected chi connectivity index (χ4v) is 1.45. The zero-order chi connectivity index (χ0) is 15.7. The number of hydrogen-bond acceptors (Lipinski definition) is 5. The highest BCUT2D eigenvalue weighted by Crippen LogP contribution is 2.17. The van der Waals surface area contributed by atoms with E-state index in [-0.39, 0.29) is 18.3 Å². The lowest BCUT2D eigenvalue weighted by molar-refractivity contribution is -0.138. The number of hydrogen-bond donors (Lipinski definition) is 1. The SMILES string of the molecule is CCOC(=O)/C(C#N)=C\Nc1ccc(OC(C)CC)cc1. The van der Waals surface area contributed by atoms with Gasteiger partial charge >= 0.3 is 5.97 Å². The molecule has 0 aliphatic carbocycles. The number of benzene rings is 1. The molecular formula is C16H20N2O3. The Hall–Kier alpha value is -2.48. The number of esters is 1. The molecule has 1 aromatic rings. The highest BCUT2D eigenvalue weighted by Gasteiger charge is 2.09. The molecule has 0 fully saturated rings. The van der Waals surface area contributed by atoms with E-state index in [1.807, 2.05) is 31.2 Å². The summed E-state index contributed by atoms with van der Waals surface area (Å²) in [4.78, 5) is 11.4. The van der Waals surface area contributed by atoms with Crippen LogP contribution in [0.2, 0.25) is 0 Å². The Kier molecular flexibility index (Phi) is 6.82. The molecule has 0 aliphatic rings. The first-order valence-electron chi connectivity index (χ1n) is 6.91. The van der Waals surface area contributed by atoms with Crippen molar-refractivity contribution in [3.05, 3.63) is 36.0 Å². The minimum absolute atomic E-state index is 0.0724. The Morgan fingerprint density at radius 3 is 2.57 bits per heavy atom. The van der Waals surface area contributed by atoms with Crippen molar-refractivity contribution in [1.29, 1.82) is 5.26 Å². The standard InChI is InChI=1S/C16H20N2O3/c1-4-12(3)21-15-8-6-14(7-9-15)18-11-13(10-17)16(19)20-5-2/h6-9,11-12,18H,4-5H2,1-3H3/b13-11-. The molecule has 0 radical (unpaired) electrons. The van der Waals surface area contributed by atoms with Crippen molar-refractivity contribution in [2.75, 3.05) is 11.9 Å². The van der Waals surface area contributed by atoms with E-state index in [2.05, 4.69) is 12.2 Å². The number of nitriles is 1. The summed E-state index contributed by atoms with van der Waals surface area (Å²) in [5, 5.41) is 11.8. The number of nitrogens with one attached hydrogen (secondary N) is 1. The molecule has 1 rings (SSSR count). The van der Waals surface area contributed by atoms with Gasteiger partial charge in [-0.25, -0.2) is 4.79 Å². The molecule has 1 N–H and O–H groups in total. The molecule has 1 aromatic carbocycles. The second kappa shape index (κ2) is 8.64. The molecule has 21 heavy (non-hydrogen) atoms. The minimum Gasteiger partial charge on any atom is -0.491 e. The van der Waals surface area contributed by atoms with E-state index in [0.29, 0.717) is 0 Å². The van der Waals surface area contributed by atoms with Crippen LogP contribution in [0.15, 0.2) is 36.0 Å². The summed E-state index contributed by atoms with van der Waals surface area (Å²) in [5.74, 6) is 0.147. The van der Waals surface area contributed by atoms with Crippen LogP contribution in [0.3, 0.4) is 0 Å². The number of rotatable bonds is 7. The Morgan fingerprint density at radius 2 is 2.05 bits per heavy atom. The molecule has 112 valence electrons. The normalized spacial score (nSPS) is 12.2. The molecule has 0 aromatic heterocycles. The van der Waals surface area contributed by atoms with E-state index in [4.69, 9.17) is 14.7 Å². The van der Waals surface area contributed by atoms with Gasteiger partial charge in [0.05, 0.1) is 12.7 Å². The summed E-state index contributed by atoms with van der Waals surface area (Å²) in [6, 6.07) is 9.09. The van der Waals surface area contributed by atoms with Crippen LogP contribution in [0.1, 0.15) is 27.2 Å². The Labute approximate surface area is 125 Å². The number of carbonyl (C=O) groups excluding carboxylic acids is 1. The van der Waals surface area contributed by atoms with Gasteiger partial charge in [0.25, 0.3) is 0 Å². The van der Waals surface area contributed by atoms with Gasteiger partial charge in [-0.2, -0.15) is 5.26 Å². The van der Waals surface area contributed by atoms with Gasteiger partial charge < -0.3 is 14.8 Å². The highest BCUT2D eigenvalue weighted by molar-refractivity contribution is 5.93. The summed E-state index contributed by atoms with van der Waals surface area (Å²) in [6.07, 6.45) is 2.44. The minimum atomic E-state index is -0.635. The third-order valence-corrected chi connectivity index (χ3v) is 2.77. The summed E-state index contributed by atoms with van der Waals surface area (Å²) in [5.41, 5.74) is 0.681. The van der Waals surface area contributed by atoms with Gasteiger partial charge in [0.2, 0.25) is 0 Å². The van der Waals surface area contributed by atoms with Crippen LogP contribution in [-0.4, -0.2) is 18.7 Å². The third-order valence-electron chi connectivity index (χ3n) is 2.77. The second-order valence-electron chi connectivity index (χ2n) is 4.40. The van der Waals surface area contributed by atoms with Gasteiger partial charge in [-0.3, -0.25) is 0 Å². The monoisotopic (exact) mass is 288 g/mol. The Morgan fingerprint density at radius 1 is 1.38 bits per heavy atom. The second-order valence-corrected chi connectivity index (χ2v) is 4.40. The summed E-state index contributed by atoms with van der Waals surface area (Å²) in [7, 11) is 0. The molecule has 0 spiro atoms. The Bertz CT molecular complexity index is 529. The van der Waals surface area contributed by atoms with Crippen LogP contribution in [0.4, 0.5) is 5.69 Å². The number of ether oxygens (including phenoxy) is 2. The predicted molar refractivity (Wildman–Crippen MR) is 80.8 cm³/mol. The van der Waals surface area contributed by atoms with Crippen LogP contribution < -0.4 is 10.1 Å². The lowest BCUT2D eigenvalue weighted by Gasteiger charge is -2.12. The predicted octanol–water partition coefficient (Wildman–Crippen LogP) is 3.25. The van der Waals surface area contributed by atoms with Crippen molar-refractivity contribution in [3.63, 3.8) is 0 Å². The van der Waals surface area contributed by atoms with Gasteiger partial charge in [-0.05, 0) is 44.5 Å². The zero-order valence-electron chi connectivity index (χ0n) is 12.6. The zero-order valence-corrected chi connectivity index (χ0v) is 12.6. The first-order valence-corrected chi connectivity index (χ1v) is 6.91. The molecule has 1 atom stereocenters. The van der Waals surface area contributed by atoms with E-state index in [1.54, 1.807) is 13.0 Å². The van der Waals surface area contributed by atoms with Crippen molar-refractivity contribution in [3.8, 4) is 11.8 Å². The molecule has 0 saturated heterocycles. The molecular weight excluding hydrogens is 268 g/mol. The molecule has 0 aliphatic heterocycles. The summed E-state index contributed by atoms with van der Waals surface area (Å²) < 4.78 is 10.4. The maximum absolute atomic E-state index is 11.4. The van der Waals surface area contributed by atoms with E-state index < -0.39 is 5.97 Å². The largest absolute Gasteiger partial charge is 0.491 e. The first kappa shape index (κ1) is 16.6. The average molecular weight is 288 g/mol. The molecule has 0 bridgehead atoms. The highest BCUT2D eigenvalue weighted by atomic mass is 16.5. The lowest BCUT2D eigenvalue weighted by Crippen LogP contribution is -2.09. The molecule has 0 saturated carbocycles. The molecule has 1 unspecified atom stereocenters. The topological polar surface area (TPSA) is 71.4 Å². The van der Waals surface area contributed by atoms with Crippen molar-refractivity contribution in [2.24, 2.45) is 0 Å². The lowest BCUT2D eigenvalue weighted by atomic mass is 10.2. The van der Waals surface area contributed by atoms with Gasteiger partial charge in [0.1, 0.15) is 11.8 Å². The fourth-order valence-electron chi connectivity index (χ4n) is 1.45. The van der Waals surface area contributed by atoms with Gasteiger partial charge in [0, 0.05) is 11.9 Å². The van der Waals surface area contributed by atoms with Gasteiger partial charge in [-0.1, -0.05) is 6.92 Å². The van der Waals surface area contributed by atoms with Crippen LogP contribution in [0, 0.1) is 11.3 Å². The van der Waals surface area contributed by atoms with Gasteiger partial charge in [0.15, 0.2) is 5.57 Å². The molecule has 5 heteroatoms. The van der Waals surface area contributed by atoms with E-state index in [9.17, 15) is 4.79 Å². The maximum Gasteiger partial charge on any atom is 0.350 e. The number of carbonyl (C=O) groups is 1. The fraction of sp³-hybridized carbons (Fsp3) is 0.375. The van der Waals surface area contributed by atoms with E-state index in [0.717, 1.165) is 17.9 Å². The average Bonchev–Trinajstić information content (AvgIpc) is 2.49. The molecule has 5 nitrogen and oxygen atoms in total. The number of anilines is 1. The first-order chi connectivity index (χ1) is 10.1. The smallest absolute Gasteiger partial charge is 0.350 e. The van der Waals surface area contributed by atoms with Crippen LogP contribution >= 0.6 is 0 Å². The van der Waals surface area contributed by atoms with Crippen molar-refractivity contribution < 1.29 is 14.3 Å². The molecule has 0 amide bonds. The van der Waals surface area contributed by atoms with Crippen molar-refractivity contribution >= 4 is 11.7 Å². The number of nitrogens with zero attached hydrogens (tertiary/aromatic N) is 1. The van der Waals surface area contributed by atoms with Crippen molar-refractivity contribution in [2.45, 2.75) is 33.3 Å².